The third-order valence-corrected chi connectivity index (χ3v) is 4.50. The number of anilines is 1. The molecule has 0 radical (unpaired) electrons. The molecule has 0 spiro atoms. The van der Waals surface area contributed by atoms with E-state index < -0.39 is 12.0 Å². The van der Waals surface area contributed by atoms with Crippen LogP contribution in [0.3, 0.4) is 0 Å². The van der Waals surface area contributed by atoms with E-state index in [0.717, 1.165) is 25.9 Å². The van der Waals surface area contributed by atoms with Crippen molar-refractivity contribution in [3.63, 3.8) is 0 Å². The molecule has 1 atom stereocenters. The van der Waals surface area contributed by atoms with Gasteiger partial charge >= 0.3 is 5.97 Å². The van der Waals surface area contributed by atoms with Gasteiger partial charge in [0.05, 0.1) is 29.3 Å². The van der Waals surface area contributed by atoms with E-state index in [-0.39, 0.29) is 17.4 Å². The Kier molecular flexibility index (Phi) is 6.06. The van der Waals surface area contributed by atoms with Gasteiger partial charge in [0.2, 0.25) is 5.91 Å². The van der Waals surface area contributed by atoms with E-state index in [1.807, 2.05) is 4.90 Å². The van der Waals surface area contributed by atoms with Gasteiger partial charge in [-0.1, -0.05) is 29.3 Å². The van der Waals surface area contributed by atoms with Crippen molar-refractivity contribution in [2.45, 2.75) is 25.3 Å². The molecule has 1 N–H and O–H groups in total. The van der Waals surface area contributed by atoms with Crippen molar-refractivity contribution in [3.8, 4) is 0 Å². The fourth-order valence-corrected chi connectivity index (χ4v) is 2.85. The number of nitrogens with zero attached hydrogens (tertiary/aromatic N) is 1. The third-order valence-electron chi connectivity index (χ3n) is 3.68. The second-order valence-corrected chi connectivity index (χ2v) is 5.91. The molecule has 1 aliphatic rings. The topological polar surface area (TPSA) is 58.6 Å². The smallest absolute Gasteiger partial charge is 0.307 e. The van der Waals surface area contributed by atoms with E-state index in [9.17, 15) is 9.59 Å². The van der Waals surface area contributed by atoms with E-state index in [4.69, 9.17) is 27.9 Å². The first-order valence-corrected chi connectivity index (χ1v) is 7.84. The van der Waals surface area contributed by atoms with Crippen LogP contribution >= 0.6 is 23.2 Å². The van der Waals surface area contributed by atoms with Crippen LogP contribution in [0.1, 0.15) is 19.3 Å². The maximum atomic E-state index is 12.6. The number of hydrogen-bond acceptors (Lipinski definition) is 4. The summed E-state index contributed by atoms with van der Waals surface area (Å²) in [5.41, 5.74) is 0.438. The van der Waals surface area contributed by atoms with Gasteiger partial charge in [0.1, 0.15) is 6.04 Å². The van der Waals surface area contributed by atoms with E-state index in [1.165, 1.54) is 7.11 Å². The Bertz CT molecular complexity index is 560. The van der Waals surface area contributed by atoms with Crippen molar-refractivity contribution in [1.82, 2.24) is 4.90 Å². The number of ether oxygens (including phenoxy) is 1. The first-order valence-electron chi connectivity index (χ1n) is 7.08. The molecule has 1 heterocycles. The highest BCUT2D eigenvalue weighted by molar-refractivity contribution is 6.44. The lowest BCUT2D eigenvalue weighted by Crippen LogP contribution is -2.44. The average molecular weight is 345 g/mol. The maximum Gasteiger partial charge on any atom is 0.307 e. The molecule has 1 aliphatic heterocycles. The Balaban J connectivity index is 2.13. The molecule has 2 rings (SSSR count). The molecule has 1 fully saturated rings. The average Bonchev–Trinajstić information content (AvgIpc) is 3.03. The van der Waals surface area contributed by atoms with Crippen LogP contribution in [0.2, 0.25) is 10.0 Å². The van der Waals surface area contributed by atoms with Crippen molar-refractivity contribution >= 4 is 40.8 Å². The van der Waals surface area contributed by atoms with Crippen molar-refractivity contribution < 1.29 is 14.3 Å². The summed E-state index contributed by atoms with van der Waals surface area (Å²) in [5.74, 6) is -0.694. The Morgan fingerprint density at radius 1 is 1.32 bits per heavy atom. The molecule has 5 nitrogen and oxygen atoms in total. The van der Waals surface area contributed by atoms with E-state index >= 15 is 0 Å². The van der Waals surface area contributed by atoms with E-state index in [0.29, 0.717) is 10.7 Å². The quantitative estimate of drug-likeness (QED) is 0.834. The normalized spacial score (nSPS) is 16.3. The van der Waals surface area contributed by atoms with Crippen molar-refractivity contribution in [1.29, 1.82) is 0 Å². The number of carbonyl (C=O) groups is 2. The van der Waals surface area contributed by atoms with Crippen LogP contribution in [0, 0.1) is 0 Å². The van der Waals surface area contributed by atoms with E-state index in [2.05, 4.69) is 5.32 Å². The van der Waals surface area contributed by atoms with Gasteiger partial charge in [-0.2, -0.15) is 0 Å². The first kappa shape index (κ1) is 17.1. The molecular formula is C15H18Cl2N2O3. The minimum atomic E-state index is -0.565. The predicted octanol–water partition coefficient (Wildman–Crippen LogP) is 2.96. The third kappa shape index (κ3) is 4.12. The van der Waals surface area contributed by atoms with Crippen molar-refractivity contribution in [3.05, 3.63) is 28.2 Å². The van der Waals surface area contributed by atoms with Crippen molar-refractivity contribution in [2.75, 3.05) is 25.5 Å². The van der Waals surface area contributed by atoms with Gasteiger partial charge in [0.25, 0.3) is 0 Å². The summed E-state index contributed by atoms with van der Waals surface area (Å²) in [5, 5.41) is 3.41. The molecule has 1 aromatic rings. The summed E-state index contributed by atoms with van der Waals surface area (Å²) < 4.78 is 4.69. The predicted molar refractivity (Wildman–Crippen MR) is 86.3 cm³/mol. The lowest BCUT2D eigenvalue weighted by molar-refractivity contribution is -0.144. The number of nitrogens with one attached hydrogen (secondary N) is 1. The number of halogens is 2. The standard InChI is InChI=1S/C15H18Cl2N2O3/c1-22-13(20)9-12(19-7-2-3-8-19)15(21)18-11-6-4-5-10(16)14(11)17/h4-6,12H,2-3,7-9H2,1H3,(H,18,21)/t12-/m0/s1. The largest absolute Gasteiger partial charge is 0.469 e. The SMILES string of the molecule is COC(=O)C[C@@H](C(=O)Nc1cccc(Cl)c1Cl)N1CCCC1. The first-order chi connectivity index (χ1) is 10.5. The Morgan fingerprint density at radius 3 is 2.64 bits per heavy atom. The van der Waals surface area contributed by atoms with Gasteiger partial charge in [0.15, 0.2) is 0 Å². The summed E-state index contributed by atoms with van der Waals surface area (Å²) in [7, 11) is 1.31. The summed E-state index contributed by atoms with van der Waals surface area (Å²) in [6, 6.07) is 4.46. The molecule has 0 saturated carbocycles. The number of esters is 1. The number of amides is 1. The minimum absolute atomic E-state index is 0.0144. The molecule has 1 aromatic carbocycles. The summed E-state index contributed by atoms with van der Waals surface area (Å²) in [6.07, 6.45) is 2.05. The van der Waals surface area contributed by atoms with Crippen LogP contribution in [-0.4, -0.2) is 43.0 Å². The molecule has 0 aromatic heterocycles. The summed E-state index contributed by atoms with van der Waals surface area (Å²) in [4.78, 5) is 26.1. The maximum absolute atomic E-state index is 12.6. The number of rotatable bonds is 5. The fraction of sp³-hybridized carbons (Fsp3) is 0.467. The van der Waals surface area contributed by atoms with Crippen LogP contribution in [0.15, 0.2) is 18.2 Å². The van der Waals surface area contributed by atoms with Crippen LogP contribution in [0.25, 0.3) is 0 Å². The zero-order valence-electron chi connectivity index (χ0n) is 12.3. The van der Waals surface area contributed by atoms with Crippen LogP contribution in [-0.2, 0) is 14.3 Å². The lowest BCUT2D eigenvalue weighted by Gasteiger charge is -2.25. The zero-order chi connectivity index (χ0) is 16.1. The number of hydrogen-bond donors (Lipinski definition) is 1. The molecule has 0 aliphatic carbocycles. The fourth-order valence-electron chi connectivity index (χ4n) is 2.50. The number of methoxy groups -OCH3 is 1. The zero-order valence-corrected chi connectivity index (χ0v) is 13.8. The van der Waals surface area contributed by atoms with Crippen LogP contribution in [0.4, 0.5) is 5.69 Å². The highest BCUT2D eigenvalue weighted by atomic mass is 35.5. The molecule has 1 amide bonds. The van der Waals surface area contributed by atoms with E-state index in [1.54, 1.807) is 18.2 Å². The monoisotopic (exact) mass is 344 g/mol. The van der Waals surface area contributed by atoms with Crippen LogP contribution < -0.4 is 5.32 Å². The molecule has 7 heteroatoms. The summed E-state index contributed by atoms with van der Waals surface area (Å²) >= 11 is 12.0. The highest BCUT2D eigenvalue weighted by Crippen LogP contribution is 2.30. The number of carbonyl (C=O) groups excluding carboxylic acids is 2. The van der Waals surface area contributed by atoms with Crippen molar-refractivity contribution in [2.24, 2.45) is 0 Å². The molecule has 22 heavy (non-hydrogen) atoms. The molecule has 120 valence electrons. The second-order valence-electron chi connectivity index (χ2n) is 5.13. The number of likely N-dealkylation sites (tertiary alicyclic amines) is 1. The van der Waals surface area contributed by atoms with Gasteiger partial charge in [0, 0.05) is 0 Å². The molecular weight excluding hydrogens is 327 g/mol. The minimum Gasteiger partial charge on any atom is -0.469 e. The second kappa shape index (κ2) is 7.81. The summed E-state index contributed by atoms with van der Waals surface area (Å²) in [6.45, 7) is 1.58. The Hall–Kier alpha value is -1.30. The van der Waals surface area contributed by atoms with Gasteiger partial charge in [-0.3, -0.25) is 14.5 Å². The molecule has 0 bridgehead atoms. The molecule has 1 saturated heterocycles. The van der Waals surface area contributed by atoms with Gasteiger partial charge in [-0.05, 0) is 38.1 Å². The van der Waals surface area contributed by atoms with Gasteiger partial charge < -0.3 is 10.1 Å². The van der Waals surface area contributed by atoms with Crippen LogP contribution in [0.5, 0.6) is 0 Å². The Labute approximate surface area is 139 Å². The number of benzene rings is 1. The highest BCUT2D eigenvalue weighted by Gasteiger charge is 2.31. The molecule has 0 unspecified atom stereocenters. The van der Waals surface area contributed by atoms with Gasteiger partial charge in [-0.25, -0.2) is 0 Å². The van der Waals surface area contributed by atoms with Gasteiger partial charge in [-0.15, -0.1) is 0 Å². The lowest BCUT2D eigenvalue weighted by atomic mass is 10.1. The Morgan fingerprint density at radius 2 is 2.00 bits per heavy atom.